The van der Waals surface area contributed by atoms with Crippen LogP contribution >= 0.6 is 0 Å². The Bertz CT molecular complexity index is 257. The van der Waals surface area contributed by atoms with Gasteiger partial charge in [-0.25, -0.2) is 0 Å². The van der Waals surface area contributed by atoms with E-state index in [0.717, 1.165) is 6.42 Å². The van der Waals surface area contributed by atoms with Crippen LogP contribution in [0.25, 0.3) is 0 Å². The molecule has 0 spiro atoms. The molecule has 1 aliphatic heterocycles. The van der Waals surface area contributed by atoms with Crippen molar-refractivity contribution >= 4 is 0 Å². The molecule has 0 radical (unpaired) electrons. The SMILES string of the molecule is CCCN1CCN(CC2(CC#N)CC2)CC1. The Kier molecular flexibility index (Phi) is 3.83. The van der Waals surface area contributed by atoms with Gasteiger partial charge >= 0.3 is 0 Å². The first-order chi connectivity index (χ1) is 7.78. The van der Waals surface area contributed by atoms with E-state index in [1.54, 1.807) is 0 Å². The lowest BCUT2D eigenvalue weighted by Gasteiger charge is -2.36. The minimum atomic E-state index is 0.391. The van der Waals surface area contributed by atoms with Crippen LogP contribution in [0.2, 0.25) is 0 Å². The molecule has 0 aromatic heterocycles. The summed E-state index contributed by atoms with van der Waals surface area (Å²) in [5.41, 5.74) is 0.391. The molecule has 1 heterocycles. The van der Waals surface area contributed by atoms with E-state index in [1.165, 1.54) is 58.5 Å². The molecule has 2 aliphatic rings. The molecule has 1 saturated heterocycles. The van der Waals surface area contributed by atoms with Gasteiger partial charge in [0, 0.05) is 39.1 Å². The summed E-state index contributed by atoms with van der Waals surface area (Å²) in [6.45, 7) is 9.50. The second kappa shape index (κ2) is 5.16. The van der Waals surface area contributed by atoms with Gasteiger partial charge in [0.2, 0.25) is 0 Å². The van der Waals surface area contributed by atoms with Gasteiger partial charge in [0.25, 0.3) is 0 Å². The van der Waals surface area contributed by atoms with Gasteiger partial charge in [0.1, 0.15) is 0 Å². The van der Waals surface area contributed by atoms with Crippen LogP contribution in [0.3, 0.4) is 0 Å². The zero-order valence-electron chi connectivity index (χ0n) is 10.4. The lowest BCUT2D eigenvalue weighted by molar-refractivity contribution is 0.114. The summed E-state index contributed by atoms with van der Waals surface area (Å²) in [5, 5.41) is 8.81. The predicted molar refractivity (Wildman–Crippen MR) is 65.1 cm³/mol. The molecule has 2 rings (SSSR count). The highest BCUT2D eigenvalue weighted by Crippen LogP contribution is 2.49. The molecule has 1 aliphatic carbocycles. The highest BCUT2D eigenvalue weighted by Gasteiger charge is 2.43. The summed E-state index contributed by atoms with van der Waals surface area (Å²) < 4.78 is 0. The molecule has 3 nitrogen and oxygen atoms in total. The van der Waals surface area contributed by atoms with Gasteiger partial charge in [0.15, 0.2) is 0 Å². The number of rotatable bonds is 5. The summed E-state index contributed by atoms with van der Waals surface area (Å²) in [6.07, 6.45) is 4.58. The van der Waals surface area contributed by atoms with Crippen LogP contribution in [-0.4, -0.2) is 49.1 Å². The average Bonchev–Trinajstić information content (AvgIpc) is 3.02. The molecule has 90 valence electrons. The van der Waals surface area contributed by atoms with Gasteiger partial charge < -0.3 is 9.80 Å². The first-order valence-electron chi connectivity index (χ1n) is 6.60. The van der Waals surface area contributed by atoms with E-state index in [2.05, 4.69) is 22.8 Å². The Hall–Kier alpha value is -0.590. The largest absolute Gasteiger partial charge is 0.301 e. The summed E-state index contributed by atoms with van der Waals surface area (Å²) in [6, 6.07) is 2.35. The quantitative estimate of drug-likeness (QED) is 0.708. The Morgan fingerprint density at radius 2 is 1.75 bits per heavy atom. The van der Waals surface area contributed by atoms with Crippen molar-refractivity contribution in [3.63, 3.8) is 0 Å². The lowest BCUT2D eigenvalue weighted by Crippen LogP contribution is -2.48. The van der Waals surface area contributed by atoms with E-state index in [9.17, 15) is 0 Å². The highest BCUT2D eigenvalue weighted by atomic mass is 15.3. The van der Waals surface area contributed by atoms with Crippen molar-refractivity contribution in [2.45, 2.75) is 32.6 Å². The van der Waals surface area contributed by atoms with Gasteiger partial charge in [0.05, 0.1) is 6.07 Å². The fourth-order valence-corrected chi connectivity index (χ4v) is 2.70. The molecule has 3 heteroatoms. The second-order valence-electron chi connectivity index (χ2n) is 5.45. The molecule has 2 fully saturated rings. The number of nitrogens with zero attached hydrogens (tertiary/aromatic N) is 3. The summed E-state index contributed by atoms with van der Waals surface area (Å²) in [5.74, 6) is 0. The molecule has 0 unspecified atom stereocenters. The molecule has 1 saturated carbocycles. The minimum absolute atomic E-state index is 0.391. The van der Waals surface area contributed by atoms with Gasteiger partial charge in [-0.05, 0) is 31.2 Å². The number of nitriles is 1. The van der Waals surface area contributed by atoms with E-state index < -0.39 is 0 Å². The predicted octanol–water partition coefficient (Wildman–Crippen LogP) is 1.71. The standard InChI is InChI=1S/C13H23N3/c1-2-7-15-8-10-16(11-9-15)12-13(3-4-13)5-6-14/h2-5,7-12H2,1H3. The normalized spacial score (nSPS) is 25.2. The first-order valence-corrected chi connectivity index (χ1v) is 6.60. The number of piperazine rings is 1. The van der Waals surface area contributed by atoms with E-state index in [4.69, 9.17) is 5.26 Å². The van der Waals surface area contributed by atoms with Crippen LogP contribution in [0, 0.1) is 16.7 Å². The average molecular weight is 221 g/mol. The topological polar surface area (TPSA) is 30.3 Å². The van der Waals surface area contributed by atoms with Crippen molar-refractivity contribution in [3.05, 3.63) is 0 Å². The van der Waals surface area contributed by atoms with Crippen LogP contribution in [-0.2, 0) is 0 Å². The van der Waals surface area contributed by atoms with E-state index in [-0.39, 0.29) is 0 Å². The van der Waals surface area contributed by atoms with Crippen molar-refractivity contribution in [2.24, 2.45) is 5.41 Å². The molecule has 16 heavy (non-hydrogen) atoms. The summed E-state index contributed by atoms with van der Waals surface area (Å²) in [4.78, 5) is 5.12. The molecule has 0 N–H and O–H groups in total. The molecule has 0 aromatic rings. The molecular formula is C13H23N3. The van der Waals surface area contributed by atoms with Gasteiger partial charge in [-0.15, -0.1) is 0 Å². The maximum Gasteiger partial charge on any atom is 0.0628 e. The Labute approximate surface area is 99.0 Å². The third-order valence-corrected chi connectivity index (χ3v) is 3.97. The van der Waals surface area contributed by atoms with Crippen molar-refractivity contribution in [1.29, 1.82) is 5.26 Å². The van der Waals surface area contributed by atoms with Crippen molar-refractivity contribution < 1.29 is 0 Å². The van der Waals surface area contributed by atoms with Crippen LogP contribution in [0.4, 0.5) is 0 Å². The summed E-state index contributed by atoms with van der Waals surface area (Å²) >= 11 is 0. The van der Waals surface area contributed by atoms with Gasteiger partial charge in [-0.3, -0.25) is 0 Å². The van der Waals surface area contributed by atoms with Crippen LogP contribution in [0.1, 0.15) is 32.6 Å². The van der Waals surface area contributed by atoms with Crippen molar-refractivity contribution in [2.75, 3.05) is 39.3 Å². The molecule has 0 atom stereocenters. The highest BCUT2D eigenvalue weighted by molar-refractivity contribution is 5.01. The molecule has 0 bridgehead atoms. The molecular weight excluding hydrogens is 198 g/mol. The third kappa shape index (κ3) is 2.96. The minimum Gasteiger partial charge on any atom is -0.301 e. The van der Waals surface area contributed by atoms with Crippen LogP contribution < -0.4 is 0 Å². The number of hydrogen-bond acceptors (Lipinski definition) is 3. The first kappa shape index (κ1) is 11.9. The molecule has 0 aromatic carbocycles. The van der Waals surface area contributed by atoms with Gasteiger partial charge in [-0.1, -0.05) is 6.92 Å². The van der Waals surface area contributed by atoms with Crippen molar-refractivity contribution in [1.82, 2.24) is 9.80 Å². The monoisotopic (exact) mass is 221 g/mol. The maximum atomic E-state index is 8.81. The smallest absolute Gasteiger partial charge is 0.0628 e. The fraction of sp³-hybridized carbons (Fsp3) is 0.923. The van der Waals surface area contributed by atoms with E-state index in [0.29, 0.717) is 5.41 Å². The fourth-order valence-electron chi connectivity index (χ4n) is 2.70. The lowest BCUT2D eigenvalue weighted by atomic mass is 10.0. The van der Waals surface area contributed by atoms with Crippen LogP contribution in [0.15, 0.2) is 0 Å². The van der Waals surface area contributed by atoms with E-state index in [1.807, 2.05) is 0 Å². The zero-order chi connectivity index (χ0) is 11.4. The van der Waals surface area contributed by atoms with E-state index >= 15 is 0 Å². The third-order valence-electron chi connectivity index (χ3n) is 3.97. The number of hydrogen-bond donors (Lipinski definition) is 0. The van der Waals surface area contributed by atoms with Gasteiger partial charge in [-0.2, -0.15) is 5.26 Å². The maximum absolute atomic E-state index is 8.81. The zero-order valence-corrected chi connectivity index (χ0v) is 10.4. The Balaban J connectivity index is 1.71. The summed E-state index contributed by atoms with van der Waals surface area (Å²) in [7, 11) is 0. The Morgan fingerprint density at radius 3 is 2.25 bits per heavy atom. The van der Waals surface area contributed by atoms with Crippen molar-refractivity contribution in [3.8, 4) is 6.07 Å². The Morgan fingerprint density at radius 1 is 1.12 bits per heavy atom. The van der Waals surface area contributed by atoms with Crippen LogP contribution in [0.5, 0.6) is 0 Å². The molecule has 0 amide bonds. The second-order valence-corrected chi connectivity index (χ2v) is 5.45.